The molecule has 0 aliphatic rings. The largest absolute Gasteiger partial charge is 0.491 e. The molecular formula is C12H16BrNO3. The Bertz CT molecular complexity index is 351. The Morgan fingerprint density at radius 3 is 2.53 bits per heavy atom. The van der Waals surface area contributed by atoms with Crippen LogP contribution in [0.2, 0.25) is 0 Å². The minimum absolute atomic E-state index is 0.0712. The first-order chi connectivity index (χ1) is 8.13. The fourth-order valence-corrected chi connectivity index (χ4v) is 1.23. The van der Waals surface area contributed by atoms with Gasteiger partial charge in [0.05, 0.1) is 11.4 Å². The predicted octanol–water partition coefficient (Wildman–Crippen LogP) is 2.43. The second-order valence-electron chi connectivity index (χ2n) is 3.47. The number of carbonyl (C=O) groups is 1. The average molecular weight is 302 g/mol. The number of benzene rings is 1. The molecule has 1 N–H and O–H groups in total. The Morgan fingerprint density at radius 2 is 2.00 bits per heavy atom. The van der Waals surface area contributed by atoms with Gasteiger partial charge in [0, 0.05) is 12.8 Å². The molecule has 1 unspecified atom stereocenters. The quantitative estimate of drug-likeness (QED) is 0.648. The van der Waals surface area contributed by atoms with Crippen molar-refractivity contribution in [2.24, 2.45) is 0 Å². The Balaban J connectivity index is 2.47. The van der Waals surface area contributed by atoms with Crippen LogP contribution in [-0.2, 0) is 9.53 Å². The molecule has 4 nitrogen and oxygen atoms in total. The van der Waals surface area contributed by atoms with Gasteiger partial charge in [-0.1, -0.05) is 15.9 Å². The lowest BCUT2D eigenvalue weighted by Crippen LogP contribution is -2.19. The summed E-state index contributed by atoms with van der Waals surface area (Å²) in [5.41, 5.74) is 0.750. The second kappa shape index (κ2) is 7.29. The highest BCUT2D eigenvalue weighted by Crippen LogP contribution is 2.16. The highest BCUT2D eigenvalue weighted by molar-refractivity contribution is 9.10. The van der Waals surface area contributed by atoms with Gasteiger partial charge in [-0.15, -0.1) is 0 Å². The first-order valence-corrected chi connectivity index (χ1v) is 6.22. The average Bonchev–Trinajstić information content (AvgIpc) is 2.31. The molecule has 1 aromatic carbocycles. The van der Waals surface area contributed by atoms with Crippen LogP contribution in [0.1, 0.15) is 6.92 Å². The smallest absolute Gasteiger partial charge is 0.237 e. The van der Waals surface area contributed by atoms with Crippen LogP contribution < -0.4 is 10.1 Å². The normalized spacial score (nSPS) is 11.9. The van der Waals surface area contributed by atoms with E-state index in [-0.39, 0.29) is 10.7 Å². The van der Waals surface area contributed by atoms with E-state index in [1.165, 1.54) is 0 Å². The summed E-state index contributed by atoms with van der Waals surface area (Å²) < 4.78 is 10.3. The van der Waals surface area contributed by atoms with Crippen molar-refractivity contribution in [2.45, 2.75) is 11.8 Å². The molecule has 0 radical (unpaired) electrons. The molecule has 1 amide bonds. The first-order valence-electron chi connectivity index (χ1n) is 5.30. The number of rotatable bonds is 6. The highest BCUT2D eigenvalue weighted by atomic mass is 79.9. The van der Waals surface area contributed by atoms with Crippen LogP contribution in [0.15, 0.2) is 24.3 Å². The van der Waals surface area contributed by atoms with Crippen LogP contribution in [0, 0.1) is 0 Å². The van der Waals surface area contributed by atoms with Gasteiger partial charge in [0.25, 0.3) is 0 Å². The lowest BCUT2D eigenvalue weighted by Gasteiger charge is -2.08. The van der Waals surface area contributed by atoms with Crippen LogP contribution in [0.25, 0.3) is 0 Å². The minimum Gasteiger partial charge on any atom is -0.491 e. The van der Waals surface area contributed by atoms with Gasteiger partial charge in [-0.3, -0.25) is 4.79 Å². The number of nitrogens with one attached hydrogen (secondary N) is 1. The maximum atomic E-state index is 11.4. The third-order valence-corrected chi connectivity index (χ3v) is 2.46. The van der Waals surface area contributed by atoms with E-state index in [1.54, 1.807) is 26.2 Å². The van der Waals surface area contributed by atoms with Crippen LogP contribution in [-0.4, -0.2) is 31.1 Å². The molecule has 0 saturated heterocycles. The summed E-state index contributed by atoms with van der Waals surface area (Å²) in [6, 6.07) is 7.22. The Morgan fingerprint density at radius 1 is 1.35 bits per heavy atom. The van der Waals surface area contributed by atoms with Gasteiger partial charge in [0.15, 0.2) is 0 Å². The summed E-state index contributed by atoms with van der Waals surface area (Å²) in [6.07, 6.45) is 0. The Kier molecular flexibility index (Phi) is 6.00. The van der Waals surface area contributed by atoms with Crippen molar-refractivity contribution in [1.29, 1.82) is 0 Å². The maximum Gasteiger partial charge on any atom is 0.237 e. The number of hydrogen-bond acceptors (Lipinski definition) is 3. The van der Waals surface area contributed by atoms with Crippen molar-refractivity contribution in [3.8, 4) is 5.75 Å². The van der Waals surface area contributed by atoms with Gasteiger partial charge in [-0.25, -0.2) is 0 Å². The number of halogens is 1. The summed E-state index contributed by atoms with van der Waals surface area (Å²) in [4.78, 5) is 11.2. The summed E-state index contributed by atoms with van der Waals surface area (Å²) in [6.45, 7) is 2.85. The lowest BCUT2D eigenvalue weighted by molar-refractivity contribution is -0.115. The van der Waals surface area contributed by atoms with Crippen molar-refractivity contribution >= 4 is 27.5 Å². The predicted molar refractivity (Wildman–Crippen MR) is 70.8 cm³/mol. The summed E-state index contributed by atoms with van der Waals surface area (Å²) in [7, 11) is 1.63. The minimum atomic E-state index is -0.208. The van der Waals surface area contributed by atoms with E-state index in [1.807, 2.05) is 12.1 Å². The molecule has 0 heterocycles. The molecular weight excluding hydrogens is 286 g/mol. The van der Waals surface area contributed by atoms with E-state index in [9.17, 15) is 4.79 Å². The van der Waals surface area contributed by atoms with E-state index < -0.39 is 0 Å². The number of hydrogen-bond donors (Lipinski definition) is 1. The molecule has 0 saturated carbocycles. The van der Waals surface area contributed by atoms with Crippen LogP contribution in [0.3, 0.4) is 0 Å². The van der Waals surface area contributed by atoms with Gasteiger partial charge in [-0.05, 0) is 31.2 Å². The van der Waals surface area contributed by atoms with Crippen molar-refractivity contribution in [3.05, 3.63) is 24.3 Å². The molecule has 0 fully saturated rings. The van der Waals surface area contributed by atoms with Gasteiger partial charge in [-0.2, -0.15) is 0 Å². The molecule has 5 heteroatoms. The van der Waals surface area contributed by atoms with Gasteiger partial charge < -0.3 is 14.8 Å². The number of ether oxygens (including phenoxy) is 2. The Hall–Kier alpha value is -1.07. The van der Waals surface area contributed by atoms with Crippen LogP contribution in [0.4, 0.5) is 5.69 Å². The topological polar surface area (TPSA) is 47.6 Å². The molecule has 94 valence electrons. The van der Waals surface area contributed by atoms with Crippen molar-refractivity contribution in [2.75, 3.05) is 25.6 Å². The van der Waals surface area contributed by atoms with E-state index in [4.69, 9.17) is 9.47 Å². The van der Waals surface area contributed by atoms with Crippen molar-refractivity contribution in [1.82, 2.24) is 0 Å². The molecule has 1 rings (SSSR count). The number of methoxy groups -OCH3 is 1. The summed E-state index contributed by atoms with van der Waals surface area (Å²) in [5, 5.41) is 2.77. The fourth-order valence-electron chi connectivity index (χ4n) is 1.12. The van der Waals surface area contributed by atoms with E-state index >= 15 is 0 Å². The van der Waals surface area contributed by atoms with E-state index in [2.05, 4.69) is 21.2 Å². The molecule has 0 bridgehead atoms. The monoisotopic (exact) mass is 301 g/mol. The number of amides is 1. The molecule has 1 atom stereocenters. The second-order valence-corrected chi connectivity index (χ2v) is 4.84. The highest BCUT2D eigenvalue weighted by Gasteiger charge is 2.08. The molecule has 0 aliphatic carbocycles. The SMILES string of the molecule is COCCOc1ccc(NC(=O)C(C)Br)cc1. The Labute approximate surface area is 109 Å². The first kappa shape index (κ1) is 14.0. The summed E-state index contributed by atoms with van der Waals surface area (Å²) >= 11 is 3.20. The standard InChI is InChI=1S/C12H16BrNO3/c1-9(13)12(15)14-10-3-5-11(6-4-10)17-8-7-16-2/h3-6,9H,7-8H2,1-2H3,(H,14,15). The number of anilines is 1. The van der Waals surface area contributed by atoms with Gasteiger partial charge >= 0.3 is 0 Å². The van der Waals surface area contributed by atoms with Crippen LogP contribution in [0.5, 0.6) is 5.75 Å². The third kappa shape index (κ3) is 5.19. The summed E-state index contributed by atoms with van der Waals surface area (Å²) in [5.74, 6) is 0.685. The molecule has 0 aromatic heterocycles. The van der Waals surface area contributed by atoms with Crippen molar-refractivity contribution < 1.29 is 14.3 Å². The number of alkyl halides is 1. The van der Waals surface area contributed by atoms with E-state index in [0.717, 1.165) is 11.4 Å². The van der Waals surface area contributed by atoms with E-state index in [0.29, 0.717) is 13.2 Å². The number of carbonyl (C=O) groups excluding carboxylic acids is 1. The van der Waals surface area contributed by atoms with Crippen LogP contribution >= 0.6 is 15.9 Å². The molecule has 0 aliphatic heterocycles. The molecule has 0 spiro atoms. The zero-order valence-electron chi connectivity index (χ0n) is 9.90. The maximum absolute atomic E-state index is 11.4. The lowest BCUT2D eigenvalue weighted by atomic mass is 10.3. The van der Waals surface area contributed by atoms with Gasteiger partial charge in [0.1, 0.15) is 12.4 Å². The zero-order valence-corrected chi connectivity index (χ0v) is 11.5. The molecule has 1 aromatic rings. The van der Waals surface area contributed by atoms with Gasteiger partial charge in [0.2, 0.25) is 5.91 Å². The molecule has 17 heavy (non-hydrogen) atoms. The zero-order chi connectivity index (χ0) is 12.7. The third-order valence-electron chi connectivity index (χ3n) is 2.04. The van der Waals surface area contributed by atoms with Crippen molar-refractivity contribution in [3.63, 3.8) is 0 Å². The fraction of sp³-hybridized carbons (Fsp3) is 0.417.